The van der Waals surface area contributed by atoms with E-state index >= 15 is 0 Å². The van der Waals surface area contributed by atoms with Crippen molar-refractivity contribution < 1.29 is 5.11 Å². The molecule has 0 bridgehead atoms. The Morgan fingerprint density at radius 2 is 1.80 bits per heavy atom. The molecule has 84 valence electrons. The van der Waals surface area contributed by atoms with Crippen molar-refractivity contribution in [3.63, 3.8) is 0 Å². The Morgan fingerprint density at radius 1 is 1.20 bits per heavy atom. The van der Waals surface area contributed by atoms with Crippen LogP contribution in [0.4, 0.5) is 0 Å². The molecular formula is C13H21NO. The van der Waals surface area contributed by atoms with Gasteiger partial charge in [0, 0.05) is 13.1 Å². The fraction of sp³-hybridized carbons (Fsp3) is 0.538. The normalized spacial score (nSPS) is 13.9. The van der Waals surface area contributed by atoms with Gasteiger partial charge in [0.2, 0.25) is 0 Å². The standard InChI is InChI=1S/C13H21NO/c1-13(2,3)12(15)10-14-9-11-7-5-4-6-8-11/h4-8,12,14-15H,9-10H2,1-3H3. The molecule has 2 N–H and O–H groups in total. The molecule has 1 rings (SSSR count). The lowest BCUT2D eigenvalue weighted by Crippen LogP contribution is -2.36. The monoisotopic (exact) mass is 207 g/mol. The highest BCUT2D eigenvalue weighted by Crippen LogP contribution is 2.18. The molecule has 0 radical (unpaired) electrons. The molecule has 2 nitrogen and oxygen atoms in total. The molecule has 0 amide bonds. The first-order valence-corrected chi connectivity index (χ1v) is 5.43. The van der Waals surface area contributed by atoms with Gasteiger partial charge in [0.05, 0.1) is 6.10 Å². The van der Waals surface area contributed by atoms with E-state index in [1.54, 1.807) is 0 Å². The number of rotatable bonds is 4. The molecule has 0 aromatic heterocycles. The minimum atomic E-state index is -0.304. The van der Waals surface area contributed by atoms with Gasteiger partial charge in [-0.05, 0) is 11.0 Å². The second kappa shape index (κ2) is 5.29. The third kappa shape index (κ3) is 4.45. The Kier molecular flexibility index (Phi) is 4.30. The van der Waals surface area contributed by atoms with E-state index in [1.165, 1.54) is 5.56 Å². The number of nitrogens with one attached hydrogen (secondary N) is 1. The molecule has 0 aliphatic carbocycles. The van der Waals surface area contributed by atoms with Crippen LogP contribution in [0.1, 0.15) is 26.3 Å². The zero-order valence-corrected chi connectivity index (χ0v) is 9.83. The predicted molar refractivity (Wildman–Crippen MR) is 63.6 cm³/mol. The van der Waals surface area contributed by atoms with Gasteiger partial charge in [0.25, 0.3) is 0 Å². The summed E-state index contributed by atoms with van der Waals surface area (Å²) >= 11 is 0. The van der Waals surface area contributed by atoms with E-state index in [2.05, 4.69) is 17.4 Å². The van der Waals surface area contributed by atoms with Crippen LogP contribution >= 0.6 is 0 Å². The maximum absolute atomic E-state index is 9.80. The van der Waals surface area contributed by atoms with Gasteiger partial charge in [0.15, 0.2) is 0 Å². The maximum atomic E-state index is 9.80. The third-order valence-corrected chi connectivity index (χ3v) is 2.51. The van der Waals surface area contributed by atoms with Crippen LogP contribution in [-0.2, 0) is 6.54 Å². The van der Waals surface area contributed by atoms with Crippen LogP contribution in [0.5, 0.6) is 0 Å². The van der Waals surface area contributed by atoms with Crippen LogP contribution < -0.4 is 5.32 Å². The smallest absolute Gasteiger partial charge is 0.0712 e. The molecule has 0 fully saturated rings. The zero-order chi connectivity index (χ0) is 11.3. The third-order valence-electron chi connectivity index (χ3n) is 2.51. The fourth-order valence-electron chi connectivity index (χ4n) is 1.26. The van der Waals surface area contributed by atoms with E-state index in [-0.39, 0.29) is 11.5 Å². The first-order chi connectivity index (χ1) is 7.00. The van der Waals surface area contributed by atoms with Gasteiger partial charge in [-0.1, -0.05) is 51.1 Å². The number of aliphatic hydroxyl groups is 1. The maximum Gasteiger partial charge on any atom is 0.0712 e. The van der Waals surface area contributed by atoms with Gasteiger partial charge in [-0.2, -0.15) is 0 Å². The van der Waals surface area contributed by atoms with Crippen molar-refractivity contribution in [2.45, 2.75) is 33.4 Å². The van der Waals surface area contributed by atoms with Crippen LogP contribution in [0.15, 0.2) is 30.3 Å². The summed E-state index contributed by atoms with van der Waals surface area (Å²) in [6.07, 6.45) is -0.304. The molecular weight excluding hydrogens is 186 g/mol. The van der Waals surface area contributed by atoms with Gasteiger partial charge in [0.1, 0.15) is 0 Å². The summed E-state index contributed by atoms with van der Waals surface area (Å²) in [5.41, 5.74) is 1.20. The highest BCUT2D eigenvalue weighted by molar-refractivity contribution is 5.14. The van der Waals surface area contributed by atoms with E-state index in [9.17, 15) is 5.11 Å². The molecule has 0 saturated carbocycles. The lowest BCUT2D eigenvalue weighted by molar-refractivity contribution is 0.0628. The number of aliphatic hydroxyl groups excluding tert-OH is 1. The van der Waals surface area contributed by atoms with Crippen molar-refractivity contribution in [1.82, 2.24) is 5.32 Å². The first-order valence-electron chi connectivity index (χ1n) is 5.43. The average molecular weight is 207 g/mol. The van der Waals surface area contributed by atoms with Crippen molar-refractivity contribution in [3.05, 3.63) is 35.9 Å². The minimum absolute atomic E-state index is 0.0519. The van der Waals surface area contributed by atoms with Gasteiger partial charge < -0.3 is 10.4 Å². The molecule has 1 aromatic rings. The molecule has 15 heavy (non-hydrogen) atoms. The Bertz CT molecular complexity index is 276. The van der Waals surface area contributed by atoms with E-state index in [0.717, 1.165) is 6.54 Å². The lowest BCUT2D eigenvalue weighted by atomic mass is 9.89. The molecule has 0 heterocycles. The molecule has 2 heteroatoms. The van der Waals surface area contributed by atoms with Crippen molar-refractivity contribution >= 4 is 0 Å². The summed E-state index contributed by atoms with van der Waals surface area (Å²) in [4.78, 5) is 0. The average Bonchev–Trinajstić information content (AvgIpc) is 2.18. The van der Waals surface area contributed by atoms with E-state index in [4.69, 9.17) is 0 Å². The Labute approximate surface area is 92.3 Å². The second-order valence-corrected chi connectivity index (χ2v) is 5.00. The number of hydrogen-bond donors (Lipinski definition) is 2. The molecule has 1 aromatic carbocycles. The molecule has 1 atom stereocenters. The minimum Gasteiger partial charge on any atom is -0.391 e. The van der Waals surface area contributed by atoms with Crippen LogP contribution in [0.3, 0.4) is 0 Å². The molecule has 1 unspecified atom stereocenters. The van der Waals surface area contributed by atoms with E-state index in [1.807, 2.05) is 39.0 Å². The molecule has 0 spiro atoms. The van der Waals surface area contributed by atoms with Crippen molar-refractivity contribution in [2.75, 3.05) is 6.54 Å². The van der Waals surface area contributed by atoms with Crippen molar-refractivity contribution in [3.8, 4) is 0 Å². The Balaban J connectivity index is 2.28. The summed E-state index contributed by atoms with van der Waals surface area (Å²) in [5, 5.41) is 13.1. The number of hydrogen-bond acceptors (Lipinski definition) is 2. The largest absolute Gasteiger partial charge is 0.391 e. The highest BCUT2D eigenvalue weighted by atomic mass is 16.3. The molecule has 0 aliphatic heterocycles. The first kappa shape index (κ1) is 12.2. The van der Waals surface area contributed by atoms with Crippen LogP contribution in [0, 0.1) is 5.41 Å². The van der Waals surface area contributed by atoms with E-state index in [0.29, 0.717) is 6.54 Å². The van der Waals surface area contributed by atoms with Crippen molar-refractivity contribution in [1.29, 1.82) is 0 Å². The second-order valence-electron chi connectivity index (χ2n) is 5.00. The quantitative estimate of drug-likeness (QED) is 0.793. The van der Waals surface area contributed by atoms with E-state index < -0.39 is 0 Å². The van der Waals surface area contributed by atoms with Crippen LogP contribution in [0.25, 0.3) is 0 Å². The summed E-state index contributed by atoms with van der Waals surface area (Å²) in [6, 6.07) is 10.2. The Hall–Kier alpha value is -0.860. The fourth-order valence-corrected chi connectivity index (χ4v) is 1.26. The SMILES string of the molecule is CC(C)(C)C(O)CNCc1ccccc1. The summed E-state index contributed by atoms with van der Waals surface area (Å²) in [6.45, 7) is 7.58. The molecule has 0 saturated heterocycles. The van der Waals surface area contributed by atoms with Gasteiger partial charge >= 0.3 is 0 Å². The van der Waals surface area contributed by atoms with Gasteiger partial charge in [-0.25, -0.2) is 0 Å². The van der Waals surface area contributed by atoms with Crippen molar-refractivity contribution in [2.24, 2.45) is 5.41 Å². The van der Waals surface area contributed by atoms with Gasteiger partial charge in [-0.15, -0.1) is 0 Å². The number of benzene rings is 1. The summed E-state index contributed by atoms with van der Waals surface area (Å²) in [5.74, 6) is 0. The summed E-state index contributed by atoms with van der Waals surface area (Å²) < 4.78 is 0. The zero-order valence-electron chi connectivity index (χ0n) is 9.83. The lowest BCUT2D eigenvalue weighted by Gasteiger charge is -2.26. The Morgan fingerprint density at radius 3 is 2.33 bits per heavy atom. The summed E-state index contributed by atoms with van der Waals surface area (Å²) in [7, 11) is 0. The highest BCUT2D eigenvalue weighted by Gasteiger charge is 2.21. The topological polar surface area (TPSA) is 32.3 Å². The molecule has 0 aliphatic rings. The van der Waals surface area contributed by atoms with Crippen LogP contribution in [-0.4, -0.2) is 17.8 Å². The van der Waals surface area contributed by atoms with Gasteiger partial charge in [-0.3, -0.25) is 0 Å². The van der Waals surface area contributed by atoms with Crippen LogP contribution in [0.2, 0.25) is 0 Å². The predicted octanol–water partition coefficient (Wildman–Crippen LogP) is 2.18.